The van der Waals surface area contributed by atoms with E-state index in [0.717, 1.165) is 17.9 Å². The Morgan fingerprint density at radius 1 is 1.12 bits per heavy atom. The van der Waals surface area contributed by atoms with Crippen molar-refractivity contribution in [2.75, 3.05) is 0 Å². The van der Waals surface area contributed by atoms with Crippen LogP contribution >= 0.6 is 0 Å². The lowest BCUT2D eigenvalue weighted by Gasteiger charge is -2.16. The fraction of sp³-hybridized carbons (Fsp3) is 0.714. The van der Waals surface area contributed by atoms with E-state index in [-0.39, 0.29) is 6.04 Å². The summed E-state index contributed by atoms with van der Waals surface area (Å²) in [4.78, 5) is 0. The maximum absolute atomic E-state index is 5.67. The van der Waals surface area contributed by atoms with Crippen molar-refractivity contribution in [1.82, 2.24) is 5.43 Å². The van der Waals surface area contributed by atoms with Crippen LogP contribution in [0.5, 0.6) is 0 Å². The van der Waals surface area contributed by atoms with Crippen LogP contribution in [-0.4, -0.2) is 0 Å². The van der Waals surface area contributed by atoms with E-state index in [9.17, 15) is 0 Å². The first-order chi connectivity index (χ1) is 8.11. The molecule has 1 unspecified atom stereocenters. The molecule has 0 aliphatic heterocycles. The molecule has 3 N–H and O–H groups in total. The molecule has 98 valence electrons. The lowest BCUT2D eigenvalue weighted by Crippen LogP contribution is -2.28. The van der Waals surface area contributed by atoms with Gasteiger partial charge >= 0.3 is 0 Å². The van der Waals surface area contributed by atoms with Crippen LogP contribution in [0.2, 0.25) is 0 Å². The number of rotatable bonds is 7. The van der Waals surface area contributed by atoms with Gasteiger partial charge in [-0.15, -0.1) is 0 Å². The molecule has 0 spiro atoms. The van der Waals surface area contributed by atoms with E-state index in [1.54, 1.807) is 0 Å². The van der Waals surface area contributed by atoms with Gasteiger partial charge in [-0.1, -0.05) is 32.6 Å². The van der Waals surface area contributed by atoms with E-state index in [0.29, 0.717) is 0 Å². The first-order valence-corrected chi connectivity index (χ1v) is 6.64. The van der Waals surface area contributed by atoms with Gasteiger partial charge in [-0.05, 0) is 32.8 Å². The normalized spacial score (nSPS) is 13.0. The summed E-state index contributed by atoms with van der Waals surface area (Å²) in [6, 6.07) is 0.226. The van der Waals surface area contributed by atoms with Gasteiger partial charge in [-0.2, -0.15) is 0 Å². The van der Waals surface area contributed by atoms with Gasteiger partial charge in [0.25, 0.3) is 0 Å². The fourth-order valence-electron chi connectivity index (χ4n) is 2.41. The predicted molar refractivity (Wildman–Crippen MR) is 71.7 cm³/mol. The number of furan rings is 1. The summed E-state index contributed by atoms with van der Waals surface area (Å²) in [6.07, 6.45) is 6.15. The minimum atomic E-state index is 0.226. The second-order valence-electron chi connectivity index (χ2n) is 4.82. The van der Waals surface area contributed by atoms with Crippen LogP contribution in [0.3, 0.4) is 0 Å². The first kappa shape index (κ1) is 14.3. The van der Waals surface area contributed by atoms with Crippen molar-refractivity contribution in [2.24, 2.45) is 5.84 Å². The summed E-state index contributed by atoms with van der Waals surface area (Å²) >= 11 is 0. The highest BCUT2D eigenvalue weighted by molar-refractivity contribution is 5.34. The molecular weight excluding hydrogens is 212 g/mol. The Morgan fingerprint density at radius 2 is 1.82 bits per heavy atom. The minimum absolute atomic E-state index is 0.226. The third-order valence-electron chi connectivity index (χ3n) is 3.51. The van der Waals surface area contributed by atoms with Crippen LogP contribution in [0.4, 0.5) is 0 Å². The second kappa shape index (κ2) is 6.82. The van der Waals surface area contributed by atoms with E-state index < -0.39 is 0 Å². The molecule has 0 aromatic carbocycles. The van der Waals surface area contributed by atoms with Gasteiger partial charge in [0.05, 0.1) is 0 Å². The van der Waals surface area contributed by atoms with E-state index in [1.807, 2.05) is 13.8 Å². The topological polar surface area (TPSA) is 51.2 Å². The third-order valence-corrected chi connectivity index (χ3v) is 3.51. The molecule has 17 heavy (non-hydrogen) atoms. The van der Waals surface area contributed by atoms with Crippen molar-refractivity contribution in [3.05, 3.63) is 22.6 Å². The Balaban J connectivity index is 2.66. The van der Waals surface area contributed by atoms with Gasteiger partial charge in [0.2, 0.25) is 0 Å². The number of hydrogen-bond donors (Lipinski definition) is 2. The minimum Gasteiger partial charge on any atom is -0.466 e. The van der Waals surface area contributed by atoms with Gasteiger partial charge < -0.3 is 4.42 Å². The van der Waals surface area contributed by atoms with Gasteiger partial charge in [-0.3, -0.25) is 11.3 Å². The molecule has 1 heterocycles. The largest absolute Gasteiger partial charge is 0.466 e. The molecule has 0 amide bonds. The number of aryl methyl sites for hydroxylation is 2. The van der Waals surface area contributed by atoms with Gasteiger partial charge in [0, 0.05) is 11.6 Å². The molecular formula is C14H26N2O. The SMILES string of the molecule is CCCCCCC(NN)c1c(C)oc(C)c1C. The fourth-order valence-corrected chi connectivity index (χ4v) is 2.41. The molecule has 0 saturated carbocycles. The Labute approximate surface area is 105 Å². The summed E-state index contributed by atoms with van der Waals surface area (Å²) in [5.74, 6) is 7.68. The molecule has 0 fully saturated rings. The molecule has 3 heteroatoms. The van der Waals surface area contributed by atoms with Crippen molar-refractivity contribution in [2.45, 2.75) is 65.8 Å². The van der Waals surface area contributed by atoms with Crippen LogP contribution in [0, 0.1) is 20.8 Å². The predicted octanol–water partition coefficient (Wildman–Crippen LogP) is 3.68. The zero-order valence-electron chi connectivity index (χ0n) is 11.6. The smallest absolute Gasteiger partial charge is 0.106 e. The molecule has 1 atom stereocenters. The quantitative estimate of drug-likeness (QED) is 0.433. The number of nitrogens with one attached hydrogen (secondary N) is 1. The molecule has 0 saturated heterocycles. The van der Waals surface area contributed by atoms with E-state index >= 15 is 0 Å². The van der Waals surface area contributed by atoms with Crippen LogP contribution in [-0.2, 0) is 0 Å². The molecule has 0 radical (unpaired) electrons. The van der Waals surface area contributed by atoms with Gasteiger partial charge in [0.1, 0.15) is 11.5 Å². The van der Waals surface area contributed by atoms with Gasteiger partial charge in [-0.25, -0.2) is 0 Å². The summed E-state index contributed by atoms with van der Waals surface area (Å²) in [5, 5.41) is 0. The Morgan fingerprint density at radius 3 is 2.29 bits per heavy atom. The van der Waals surface area contributed by atoms with E-state index in [4.69, 9.17) is 10.3 Å². The highest BCUT2D eigenvalue weighted by Gasteiger charge is 2.19. The average molecular weight is 238 g/mol. The van der Waals surface area contributed by atoms with Crippen LogP contribution in [0.1, 0.15) is 67.7 Å². The molecule has 0 bridgehead atoms. The Hall–Kier alpha value is -0.800. The zero-order chi connectivity index (χ0) is 12.8. The highest BCUT2D eigenvalue weighted by Crippen LogP contribution is 2.29. The molecule has 0 aliphatic rings. The van der Waals surface area contributed by atoms with Crippen molar-refractivity contribution in [3.8, 4) is 0 Å². The monoisotopic (exact) mass is 238 g/mol. The Kier molecular flexibility index (Phi) is 5.72. The van der Waals surface area contributed by atoms with Crippen molar-refractivity contribution < 1.29 is 4.42 Å². The van der Waals surface area contributed by atoms with E-state index in [1.165, 1.54) is 36.8 Å². The van der Waals surface area contributed by atoms with Crippen LogP contribution in [0.15, 0.2) is 4.42 Å². The molecule has 1 aromatic rings. The van der Waals surface area contributed by atoms with Crippen molar-refractivity contribution in [3.63, 3.8) is 0 Å². The van der Waals surface area contributed by atoms with Crippen molar-refractivity contribution in [1.29, 1.82) is 0 Å². The summed E-state index contributed by atoms with van der Waals surface area (Å²) in [5.41, 5.74) is 5.42. The number of hydrogen-bond acceptors (Lipinski definition) is 3. The summed E-state index contributed by atoms with van der Waals surface area (Å²) < 4.78 is 5.66. The first-order valence-electron chi connectivity index (χ1n) is 6.64. The number of hydrazine groups is 1. The van der Waals surface area contributed by atoms with Crippen LogP contribution < -0.4 is 11.3 Å². The zero-order valence-corrected chi connectivity index (χ0v) is 11.6. The van der Waals surface area contributed by atoms with Crippen molar-refractivity contribution >= 4 is 0 Å². The standard InChI is InChI=1S/C14H26N2O/c1-5-6-7-8-9-13(16-15)14-10(2)11(3)17-12(14)4/h13,16H,5-9,15H2,1-4H3. The van der Waals surface area contributed by atoms with E-state index in [2.05, 4.69) is 19.3 Å². The maximum atomic E-state index is 5.67. The van der Waals surface area contributed by atoms with Crippen LogP contribution in [0.25, 0.3) is 0 Å². The lowest BCUT2D eigenvalue weighted by atomic mass is 9.97. The highest BCUT2D eigenvalue weighted by atomic mass is 16.3. The molecule has 1 aromatic heterocycles. The second-order valence-corrected chi connectivity index (χ2v) is 4.82. The summed E-state index contributed by atoms with van der Waals surface area (Å²) in [6.45, 7) is 8.37. The lowest BCUT2D eigenvalue weighted by molar-refractivity contribution is 0.459. The molecule has 3 nitrogen and oxygen atoms in total. The Bertz CT molecular complexity index is 344. The number of nitrogens with two attached hydrogens (primary N) is 1. The number of unbranched alkanes of at least 4 members (excludes halogenated alkanes) is 3. The maximum Gasteiger partial charge on any atom is 0.106 e. The molecule has 0 aliphatic carbocycles. The molecule has 1 rings (SSSR count). The van der Waals surface area contributed by atoms with Gasteiger partial charge in [0.15, 0.2) is 0 Å². The third kappa shape index (κ3) is 3.58. The average Bonchev–Trinajstić information content (AvgIpc) is 2.55. The summed E-state index contributed by atoms with van der Waals surface area (Å²) in [7, 11) is 0.